The van der Waals surface area contributed by atoms with E-state index in [1.807, 2.05) is 6.92 Å². The number of nitriles is 1. The number of carbonyl (C=O) groups is 2. The van der Waals surface area contributed by atoms with Gasteiger partial charge in [0.1, 0.15) is 11.7 Å². The summed E-state index contributed by atoms with van der Waals surface area (Å²) in [5.41, 5.74) is 2.30. The number of benzene rings is 2. The lowest BCUT2D eigenvalue weighted by Gasteiger charge is -2.19. The number of nitrogens with zero attached hydrogens (tertiary/aromatic N) is 3. The first-order chi connectivity index (χ1) is 18.0. The molecule has 38 heavy (non-hydrogen) atoms. The number of rotatable bonds is 8. The zero-order chi connectivity index (χ0) is 27.5. The number of aryl methyl sites for hydroxylation is 1. The standard InChI is InChI=1S/C25H23F2N5O4S2/c1-16-2-6-18(7-3-16)31-38(35,36)20-8-4-17(5-9-20)10-22-30-21(14-37-22)24(34)29-13-23(33)32-15-25(26,27)11-19(32)12-28/h2-9,14,19,31H,10-11,13,15H2,1H3,(H,29,34)/t19-/m0/s1. The van der Waals surface area contributed by atoms with E-state index in [1.54, 1.807) is 42.5 Å². The summed E-state index contributed by atoms with van der Waals surface area (Å²) in [5.74, 6) is -4.56. The summed E-state index contributed by atoms with van der Waals surface area (Å²) in [6.45, 7) is 0.512. The lowest BCUT2D eigenvalue weighted by molar-refractivity contribution is -0.131. The minimum atomic E-state index is -3.76. The van der Waals surface area contributed by atoms with E-state index < -0.39 is 53.3 Å². The average Bonchev–Trinajstić information content (AvgIpc) is 3.47. The molecule has 1 aromatic heterocycles. The molecule has 3 aromatic rings. The molecule has 2 heterocycles. The van der Waals surface area contributed by atoms with Crippen molar-refractivity contribution in [2.45, 2.75) is 36.6 Å². The van der Waals surface area contributed by atoms with Gasteiger partial charge in [0.15, 0.2) is 0 Å². The molecule has 0 spiro atoms. The first kappa shape index (κ1) is 27.2. The summed E-state index contributed by atoms with van der Waals surface area (Å²) < 4.78 is 54.9. The van der Waals surface area contributed by atoms with E-state index in [1.165, 1.54) is 28.8 Å². The largest absolute Gasteiger partial charge is 0.342 e. The molecule has 0 radical (unpaired) electrons. The van der Waals surface area contributed by atoms with Gasteiger partial charge in [-0.05, 0) is 36.8 Å². The number of hydrogen-bond donors (Lipinski definition) is 2. The number of likely N-dealkylation sites (tertiary alicyclic amines) is 1. The number of nitrogens with one attached hydrogen (secondary N) is 2. The molecule has 1 aliphatic rings. The van der Waals surface area contributed by atoms with Crippen LogP contribution in [0, 0.1) is 18.3 Å². The van der Waals surface area contributed by atoms with Crippen LogP contribution < -0.4 is 10.0 Å². The van der Waals surface area contributed by atoms with Gasteiger partial charge in [-0.15, -0.1) is 11.3 Å². The molecule has 9 nitrogen and oxygen atoms in total. The van der Waals surface area contributed by atoms with Crippen molar-refractivity contribution in [1.82, 2.24) is 15.2 Å². The highest BCUT2D eigenvalue weighted by molar-refractivity contribution is 7.92. The number of thiazole rings is 1. The van der Waals surface area contributed by atoms with E-state index in [2.05, 4.69) is 15.0 Å². The minimum absolute atomic E-state index is 0.0582. The molecule has 2 aromatic carbocycles. The monoisotopic (exact) mass is 559 g/mol. The third-order valence-corrected chi connectivity index (χ3v) is 8.06. The molecule has 198 valence electrons. The van der Waals surface area contributed by atoms with Crippen molar-refractivity contribution in [2.75, 3.05) is 17.8 Å². The highest BCUT2D eigenvalue weighted by atomic mass is 32.2. The molecule has 0 bridgehead atoms. The van der Waals surface area contributed by atoms with Crippen LogP contribution in [0.15, 0.2) is 58.8 Å². The Morgan fingerprint density at radius 2 is 1.87 bits per heavy atom. The molecular weight excluding hydrogens is 536 g/mol. The SMILES string of the molecule is Cc1ccc(NS(=O)(=O)c2ccc(Cc3nc(C(=O)NCC(=O)N4CC(F)(F)C[C@H]4C#N)cs3)cc2)cc1. The number of anilines is 1. The second kappa shape index (κ2) is 10.8. The van der Waals surface area contributed by atoms with Gasteiger partial charge >= 0.3 is 0 Å². The van der Waals surface area contributed by atoms with Gasteiger partial charge in [-0.25, -0.2) is 22.2 Å². The van der Waals surface area contributed by atoms with Crippen LogP contribution in [0.3, 0.4) is 0 Å². The fourth-order valence-electron chi connectivity index (χ4n) is 3.84. The van der Waals surface area contributed by atoms with Gasteiger partial charge in [0.05, 0.1) is 29.1 Å². The topological polar surface area (TPSA) is 132 Å². The Morgan fingerprint density at radius 3 is 2.53 bits per heavy atom. The van der Waals surface area contributed by atoms with Crippen LogP contribution >= 0.6 is 11.3 Å². The van der Waals surface area contributed by atoms with Gasteiger partial charge in [0.2, 0.25) is 5.91 Å². The number of hydrogen-bond acceptors (Lipinski definition) is 7. The fourth-order valence-corrected chi connectivity index (χ4v) is 5.70. The Kier molecular flexibility index (Phi) is 7.75. The van der Waals surface area contributed by atoms with Crippen molar-refractivity contribution in [3.05, 3.63) is 75.7 Å². The van der Waals surface area contributed by atoms with Gasteiger partial charge in [-0.3, -0.25) is 14.3 Å². The van der Waals surface area contributed by atoms with Crippen molar-refractivity contribution in [2.24, 2.45) is 0 Å². The molecule has 1 fully saturated rings. The highest BCUT2D eigenvalue weighted by Gasteiger charge is 2.47. The molecule has 0 aliphatic carbocycles. The molecule has 2 N–H and O–H groups in total. The van der Waals surface area contributed by atoms with Gasteiger partial charge in [-0.1, -0.05) is 29.8 Å². The normalized spacial score (nSPS) is 16.6. The molecule has 0 unspecified atom stereocenters. The zero-order valence-corrected chi connectivity index (χ0v) is 21.8. The highest BCUT2D eigenvalue weighted by Crippen LogP contribution is 2.31. The van der Waals surface area contributed by atoms with Crippen LogP contribution in [0.1, 0.15) is 33.0 Å². The lowest BCUT2D eigenvalue weighted by Crippen LogP contribution is -2.43. The van der Waals surface area contributed by atoms with Gasteiger partial charge in [-0.2, -0.15) is 5.26 Å². The Balaban J connectivity index is 1.32. The number of aromatic nitrogens is 1. The Labute approximate surface area is 222 Å². The predicted molar refractivity (Wildman–Crippen MR) is 136 cm³/mol. The fraction of sp³-hybridized carbons (Fsp3) is 0.280. The molecule has 13 heteroatoms. The van der Waals surface area contributed by atoms with E-state index in [0.29, 0.717) is 17.1 Å². The Bertz CT molecular complexity index is 1480. The molecule has 1 saturated heterocycles. The summed E-state index contributed by atoms with van der Waals surface area (Å²) in [6, 6.07) is 13.7. The van der Waals surface area contributed by atoms with Gasteiger partial charge in [0, 0.05) is 23.9 Å². The predicted octanol–water partition coefficient (Wildman–Crippen LogP) is 3.33. The van der Waals surface area contributed by atoms with Gasteiger partial charge < -0.3 is 10.2 Å². The van der Waals surface area contributed by atoms with Crippen LogP contribution in [0.25, 0.3) is 0 Å². The maximum Gasteiger partial charge on any atom is 0.271 e. The Hall–Kier alpha value is -3.89. The summed E-state index contributed by atoms with van der Waals surface area (Å²) in [5, 5.41) is 13.5. The van der Waals surface area contributed by atoms with E-state index in [-0.39, 0.29) is 10.6 Å². The summed E-state index contributed by atoms with van der Waals surface area (Å²) in [7, 11) is -3.76. The first-order valence-corrected chi connectivity index (χ1v) is 13.8. The number of alkyl halides is 2. The van der Waals surface area contributed by atoms with Crippen molar-refractivity contribution >= 4 is 38.9 Å². The molecule has 2 amide bonds. The number of carbonyl (C=O) groups excluding carboxylic acids is 2. The first-order valence-electron chi connectivity index (χ1n) is 11.4. The van der Waals surface area contributed by atoms with Crippen molar-refractivity contribution in [3.63, 3.8) is 0 Å². The smallest absolute Gasteiger partial charge is 0.271 e. The van der Waals surface area contributed by atoms with Crippen LogP contribution in [-0.4, -0.2) is 55.2 Å². The Morgan fingerprint density at radius 1 is 1.18 bits per heavy atom. The maximum atomic E-state index is 13.5. The second-order valence-corrected chi connectivity index (χ2v) is 11.5. The molecular formula is C25H23F2N5O4S2. The maximum absolute atomic E-state index is 13.5. The van der Waals surface area contributed by atoms with Crippen LogP contribution in [0.2, 0.25) is 0 Å². The van der Waals surface area contributed by atoms with Crippen LogP contribution in [0.4, 0.5) is 14.5 Å². The van der Waals surface area contributed by atoms with Gasteiger partial charge in [0.25, 0.3) is 21.9 Å². The lowest BCUT2D eigenvalue weighted by atomic mass is 10.2. The van der Waals surface area contributed by atoms with Crippen LogP contribution in [-0.2, 0) is 21.2 Å². The van der Waals surface area contributed by atoms with Crippen molar-refractivity contribution in [3.8, 4) is 6.07 Å². The number of halogens is 2. The third kappa shape index (κ3) is 6.51. The quantitative estimate of drug-likeness (QED) is 0.435. The summed E-state index contributed by atoms with van der Waals surface area (Å²) in [4.78, 5) is 29.8. The van der Waals surface area contributed by atoms with Crippen molar-refractivity contribution in [1.29, 1.82) is 5.26 Å². The van der Waals surface area contributed by atoms with E-state index in [4.69, 9.17) is 5.26 Å². The number of sulfonamides is 1. The zero-order valence-electron chi connectivity index (χ0n) is 20.1. The second-order valence-electron chi connectivity index (χ2n) is 8.83. The molecule has 4 rings (SSSR count). The molecule has 0 saturated carbocycles. The summed E-state index contributed by atoms with van der Waals surface area (Å²) in [6.07, 6.45) is -0.385. The van der Waals surface area contributed by atoms with E-state index in [9.17, 15) is 26.8 Å². The van der Waals surface area contributed by atoms with Crippen molar-refractivity contribution < 1.29 is 26.8 Å². The van der Waals surface area contributed by atoms with E-state index >= 15 is 0 Å². The average molecular weight is 560 g/mol. The van der Waals surface area contributed by atoms with E-state index in [0.717, 1.165) is 16.0 Å². The van der Waals surface area contributed by atoms with Crippen LogP contribution in [0.5, 0.6) is 0 Å². The molecule has 1 aliphatic heterocycles. The third-order valence-electron chi connectivity index (χ3n) is 5.82. The minimum Gasteiger partial charge on any atom is -0.342 e. The summed E-state index contributed by atoms with van der Waals surface area (Å²) >= 11 is 1.21. The molecule has 1 atom stereocenters. The number of amides is 2.